The molecule has 3 rings (SSSR count). The number of anilines is 3. The lowest BCUT2D eigenvalue weighted by atomic mass is 10.1. The Morgan fingerprint density at radius 2 is 1.55 bits per heavy atom. The van der Waals surface area contributed by atoms with Gasteiger partial charge >= 0.3 is 0 Å². The number of ether oxygens (including phenoxy) is 2. The summed E-state index contributed by atoms with van der Waals surface area (Å²) in [5.41, 5.74) is 0.917. The molecule has 9 nitrogen and oxygen atoms in total. The van der Waals surface area contributed by atoms with Crippen LogP contribution in [0.15, 0.2) is 36.4 Å². The van der Waals surface area contributed by atoms with Crippen molar-refractivity contribution in [3.8, 4) is 11.5 Å². The maximum absolute atomic E-state index is 12.9. The van der Waals surface area contributed by atoms with Gasteiger partial charge in [0.05, 0.1) is 17.5 Å². The van der Waals surface area contributed by atoms with Crippen molar-refractivity contribution in [2.45, 2.75) is 26.6 Å². The molecule has 0 unspecified atom stereocenters. The van der Waals surface area contributed by atoms with Gasteiger partial charge in [0.25, 0.3) is 5.91 Å². The van der Waals surface area contributed by atoms with Crippen molar-refractivity contribution >= 4 is 38.9 Å². The second-order valence-corrected chi connectivity index (χ2v) is 8.78. The first kappa shape index (κ1) is 20.5. The van der Waals surface area contributed by atoms with Crippen LogP contribution in [-0.4, -0.2) is 32.3 Å². The highest BCUT2D eigenvalue weighted by molar-refractivity contribution is 7.92. The van der Waals surface area contributed by atoms with E-state index in [9.17, 15) is 18.0 Å². The van der Waals surface area contributed by atoms with E-state index in [0.29, 0.717) is 22.9 Å². The quantitative estimate of drug-likeness (QED) is 0.685. The molecule has 29 heavy (non-hydrogen) atoms. The topological polar surface area (TPSA) is 123 Å². The fourth-order valence-corrected chi connectivity index (χ4v) is 3.38. The van der Waals surface area contributed by atoms with Gasteiger partial charge in [0.15, 0.2) is 11.5 Å². The standard InChI is InChI=1S/C19H21N3O6S/c1-11(23)20-12-5-7-15(22-29(4,25)26)14(9-12)18(24)21-13-6-8-16-17(10-13)28-19(2,3)27-16/h5-10,22H,1-4H3,(H,20,23)(H,21,24). The molecule has 0 aliphatic carbocycles. The predicted octanol–water partition coefficient (Wildman–Crippen LogP) is 2.78. The molecule has 0 radical (unpaired) electrons. The van der Waals surface area contributed by atoms with Crippen molar-refractivity contribution in [2.24, 2.45) is 0 Å². The summed E-state index contributed by atoms with van der Waals surface area (Å²) in [5.74, 6) is -0.654. The van der Waals surface area contributed by atoms with Gasteiger partial charge in [-0.15, -0.1) is 0 Å². The number of carbonyl (C=O) groups is 2. The van der Waals surface area contributed by atoms with Crippen molar-refractivity contribution < 1.29 is 27.5 Å². The lowest BCUT2D eigenvalue weighted by Crippen LogP contribution is -2.29. The van der Waals surface area contributed by atoms with Crippen LogP contribution in [0.25, 0.3) is 0 Å². The summed E-state index contributed by atoms with van der Waals surface area (Å²) < 4.78 is 36.9. The Labute approximate surface area is 168 Å². The Kier molecular flexibility index (Phi) is 5.14. The highest BCUT2D eigenvalue weighted by atomic mass is 32.2. The number of nitrogens with one attached hydrogen (secondary N) is 3. The first-order chi connectivity index (χ1) is 13.4. The zero-order chi connectivity index (χ0) is 21.4. The van der Waals surface area contributed by atoms with E-state index >= 15 is 0 Å². The summed E-state index contributed by atoms with van der Waals surface area (Å²) >= 11 is 0. The number of rotatable bonds is 5. The minimum absolute atomic E-state index is 0.0414. The molecule has 154 valence electrons. The molecule has 1 aliphatic heterocycles. The van der Waals surface area contributed by atoms with Crippen LogP contribution in [0.4, 0.5) is 17.1 Å². The van der Waals surface area contributed by atoms with E-state index in [4.69, 9.17) is 9.47 Å². The van der Waals surface area contributed by atoms with Gasteiger partial charge in [-0.25, -0.2) is 8.42 Å². The molecule has 1 aliphatic rings. The Morgan fingerprint density at radius 1 is 0.931 bits per heavy atom. The molecule has 10 heteroatoms. The van der Waals surface area contributed by atoms with Crippen LogP contribution in [0.1, 0.15) is 31.1 Å². The molecule has 0 saturated heterocycles. The molecule has 0 aromatic heterocycles. The molecule has 0 saturated carbocycles. The van der Waals surface area contributed by atoms with Crippen molar-refractivity contribution in [2.75, 3.05) is 21.6 Å². The van der Waals surface area contributed by atoms with Crippen LogP contribution in [0.5, 0.6) is 11.5 Å². The summed E-state index contributed by atoms with van der Waals surface area (Å²) in [4.78, 5) is 24.2. The van der Waals surface area contributed by atoms with Crippen LogP contribution in [0.3, 0.4) is 0 Å². The second kappa shape index (κ2) is 7.28. The maximum atomic E-state index is 12.9. The second-order valence-electron chi connectivity index (χ2n) is 7.04. The lowest BCUT2D eigenvalue weighted by Gasteiger charge is -2.16. The van der Waals surface area contributed by atoms with Crippen molar-refractivity contribution in [3.05, 3.63) is 42.0 Å². The number of amides is 2. The highest BCUT2D eigenvalue weighted by Gasteiger charge is 2.31. The lowest BCUT2D eigenvalue weighted by molar-refractivity contribution is -0.114. The first-order valence-electron chi connectivity index (χ1n) is 8.65. The van der Waals surface area contributed by atoms with E-state index < -0.39 is 21.7 Å². The summed E-state index contributed by atoms with van der Waals surface area (Å²) in [6, 6.07) is 9.22. The van der Waals surface area contributed by atoms with Gasteiger partial charge in [0, 0.05) is 38.2 Å². The summed E-state index contributed by atoms with van der Waals surface area (Å²) in [7, 11) is -3.62. The molecule has 0 spiro atoms. The minimum atomic E-state index is -3.62. The molecule has 2 amide bonds. The van der Waals surface area contributed by atoms with Crippen LogP contribution in [0.2, 0.25) is 0 Å². The normalized spacial score (nSPS) is 14.2. The Hall–Kier alpha value is -3.27. The van der Waals surface area contributed by atoms with E-state index in [-0.39, 0.29) is 17.2 Å². The number of hydrogen-bond donors (Lipinski definition) is 3. The smallest absolute Gasteiger partial charge is 0.257 e. The Balaban J connectivity index is 1.90. The van der Waals surface area contributed by atoms with E-state index in [1.165, 1.54) is 25.1 Å². The first-order valence-corrected chi connectivity index (χ1v) is 10.5. The van der Waals surface area contributed by atoms with Gasteiger partial charge < -0.3 is 20.1 Å². The Morgan fingerprint density at radius 3 is 2.21 bits per heavy atom. The van der Waals surface area contributed by atoms with Gasteiger partial charge in [0.2, 0.25) is 21.7 Å². The van der Waals surface area contributed by atoms with Crippen molar-refractivity contribution in [1.29, 1.82) is 0 Å². The number of fused-ring (bicyclic) bond motifs is 1. The molecule has 3 N–H and O–H groups in total. The van der Waals surface area contributed by atoms with E-state index in [1.807, 2.05) is 0 Å². The van der Waals surface area contributed by atoms with Gasteiger partial charge in [-0.1, -0.05) is 0 Å². The molecule has 1 heterocycles. The summed E-state index contributed by atoms with van der Waals surface area (Å²) in [5, 5.41) is 5.26. The zero-order valence-electron chi connectivity index (χ0n) is 16.3. The summed E-state index contributed by atoms with van der Waals surface area (Å²) in [6.07, 6.45) is 0.982. The van der Waals surface area contributed by atoms with Gasteiger partial charge in [-0.2, -0.15) is 0 Å². The SMILES string of the molecule is CC(=O)Nc1ccc(NS(C)(=O)=O)c(C(=O)Nc2ccc3c(c2)OC(C)(C)O3)c1. The van der Waals surface area contributed by atoms with E-state index in [2.05, 4.69) is 15.4 Å². The molecular weight excluding hydrogens is 398 g/mol. The molecule has 2 aromatic rings. The average Bonchev–Trinajstić information content (AvgIpc) is 2.87. The van der Waals surface area contributed by atoms with E-state index in [0.717, 1.165) is 6.26 Å². The zero-order valence-corrected chi connectivity index (χ0v) is 17.1. The monoisotopic (exact) mass is 419 g/mol. The highest BCUT2D eigenvalue weighted by Crippen LogP contribution is 2.40. The third-order valence-corrected chi connectivity index (χ3v) is 4.38. The van der Waals surface area contributed by atoms with Crippen molar-refractivity contribution in [1.82, 2.24) is 0 Å². The third kappa shape index (κ3) is 5.17. The molecular formula is C19H21N3O6S. The minimum Gasteiger partial charge on any atom is -0.449 e. The largest absolute Gasteiger partial charge is 0.449 e. The van der Waals surface area contributed by atoms with Crippen LogP contribution in [-0.2, 0) is 14.8 Å². The Bertz CT molecular complexity index is 1100. The number of benzene rings is 2. The maximum Gasteiger partial charge on any atom is 0.257 e. The number of hydrogen-bond acceptors (Lipinski definition) is 6. The number of sulfonamides is 1. The van der Waals surface area contributed by atoms with Gasteiger partial charge in [-0.05, 0) is 30.3 Å². The predicted molar refractivity (Wildman–Crippen MR) is 109 cm³/mol. The van der Waals surface area contributed by atoms with Crippen LogP contribution < -0.4 is 24.8 Å². The van der Waals surface area contributed by atoms with E-state index in [1.54, 1.807) is 32.0 Å². The van der Waals surface area contributed by atoms with Crippen LogP contribution in [0, 0.1) is 0 Å². The number of carbonyl (C=O) groups excluding carboxylic acids is 2. The molecule has 2 aromatic carbocycles. The fourth-order valence-electron chi connectivity index (χ4n) is 2.80. The molecule has 0 bridgehead atoms. The fraction of sp³-hybridized carbons (Fsp3) is 0.263. The van der Waals surface area contributed by atoms with Gasteiger partial charge in [0.1, 0.15) is 0 Å². The third-order valence-electron chi connectivity index (χ3n) is 3.79. The summed E-state index contributed by atoms with van der Waals surface area (Å²) in [6.45, 7) is 4.86. The van der Waals surface area contributed by atoms with Crippen molar-refractivity contribution in [3.63, 3.8) is 0 Å². The molecule has 0 fully saturated rings. The van der Waals surface area contributed by atoms with Crippen LogP contribution >= 0.6 is 0 Å². The average molecular weight is 419 g/mol. The molecule has 0 atom stereocenters. The van der Waals surface area contributed by atoms with Gasteiger partial charge in [-0.3, -0.25) is 14.3 Å².